The van der Waals surface area contributed by atoms with E-state index < -0.39 is 23.2 Å². The first-order valence-electron chi connectivity index (χ1n) is 13.3. The van der Waals surface area contributed by atoms with E-state index in [1.807, 2.05) is 0 Å². The summed E-state index contributed by atoms with van der Waals surface area (Å²) < 4.78 is 34.7. The average Bonchev–Trinajstić information content (AvgIpc) is 3.36. The number of aromatic nitrogens is 2. The number of ether oxygens (including phenoxy) is 1. The monoisotopic (exact) mass is 532 g/mol. The number of amides is 2. The number of aryl methyl sites for hydroxylation is 1. The summed E-state index contributed by atoms with van der Waals surface area (Å²) in [6, 6.07) is 1.62. The van der Waals surface area contributed by atoms with E-state index in [9.17, 15) is 18.4 Å². The van der Waals surface area contributed by atoms with Crippen LogP contribution in [0.25, 0.3) is 0 Å². The highest BCUT2D eigenvalue weighted by Crippen LogP contribution is 2.25. The summed E-state index contributed by atoms with van der Waals surface area (Å²) in [6.45, 7) is 10.2. The number of rotatable bonds is 10. The van der Waals surface area contributed by atoms with Gasteiger partial charge in [-0.1, -0.05) is 0 Å². The van der Waals surface area contributed by atoms with E-state index in [1.165, 1.54) is 12.4 Å². The number of anilines is 1. The van der Waals surface area contributed by atoms with Gasteiger partial charge in [-0.2, -0.15) is 0 Å². The van der Waals surface area contributed by atoms with E-state index in [4.69, 9.17) is 4.74 Å². The topological polar surface area (TPSA) is 101 Å². The summed E-state index contributed by atoms with van der Waals surface area (Å²) in [7, 11) is 0. The summed E-state index contributed by atoms with van der Waals surface area (Å²) in [5, 5.41) is 9.03. The molecular formula is C27H38F2N6O3. The molecule has 1 aromatic heterocycles. The number of benzene rings is 1. The third-order valence-electron chi connectivity index (χ3n) is 7.42. The molecule has 38 heavy (non-hydrogen) atoms. The zero-order valence-corrected chi connectivity index (χ0v) is 22.4. The molecule has 0 spiro atoms. The van der Waals surface area contributed by atoms with Crippen molar-refractivity contribution in [3.8, 4) is 0 Å². The lowest BCUT2D eigenvalue weighted by Crippen LogP contribution is -2.46. The number of fused-ring (bicyclic) bond motifs is 1. The van der Waals surface area contributed by atoms with Crippen molar-refractivity contribution in [2.75, 3.05) is 44.7 Å². The lowest BCUT2D eigenvalue weighted by Gasteiger charge is -2.28. The second-order valence-corrected chi connectivity index (χ2v) is 10.6. The fourth-order valence-corrected chi connectivity index (χ4v) is 4.95. The zero-order valence-electron chi connectivity index (χ0n) is 22.4. The molecule has 4 rings (SSSR count). The molecule has 1 aromatic carbocycles. The number of nitrogens with zero attached hydrogens (tertiary/aromatic N) is 3. The summed E-state index contributed by atoms with van der Waals surface area (Å²) in [5.74, 6) is -1.19. The molecule has 2 aliphatic rings. The molecule has 0 bridgehead atoms. The minimum absolute atomic E-state index is 0.105. The van der Waals surface area contributed by atoms with Crippen molar-refractivity contribution in [3.05, 3.63) is 47.4 Å². The summed E-state index contributed by atoms with van der Waals surface area (Å²) in [4.78, 5) is 32.3. The quantitative estimate of drug-likeness (QED) is 0.406. The maximum Gasteiger partial charge on any atom is 0.245 e. The second-order valence-electron chi connectivity index (χ2n) is 10.6. The largest absolute Gasteiger partial charge is 0.379 e. The van der Waals surface area contributed by atoms with E-state index in [2.05, 4.69) is 25.8 Å². The van der Waals surface area contributed by atoms with Gasteiger partial charge < -0.3 is 25.3 Å². The normalized spacial score (nSPS) is 19.0. The maximum atomic E-state index is 14.2. The van der Waals surface area contributed by atoms with Crippen LogP contribution in [0.15, 0.2) is 24.7 Å². The molecule has 1 unspecified atom stereocenters. The van der Waals surface area contributed by atoms with Gasteiger partial charge in [0, 0.05) is 37.9 Å². The van der Waals surface area contributed by atoms with Gasteiger partial charge in [0.1, 0.15) is 17.2 Å². The summed E-state index contributed by atoms with van der Waals surface area (Å²) in [6.07, 6.45) is 5.64. The zero-order chi connectivity index (χ0) is 27.3. The smallest absolute Gasteiger partial charge is 0.245 e. The van der Waals surface area contributed by atoms with Crippen molar-refractivity contribution in [1.82, 2.24) is 25.1 Å². The molecule has 1 aliphatic carbocycles. The predicted molar refractivity (Wildman–Crippen MR) is 140 cm³/mol. The molecule has 0 radical (unpaired) electrons. The minimum atomic E-state index is -0.891. The van der Waals surface area contributed by atoms with Crippen LogP contribution in [0.3, 0.4) is 0 Å². The van der Waals surface area contributed by atoms with E-state index in [0.29, 0.717) is 42.8 Å². The van der Waals surface area contributed by atoms with E-state index in [0.717, 1.165) is 45.3 Å². The van der Waals surface area contributed by atoms with Crippen LogP contribution in [0.4, 0.5) is 14.6 Å². The lowest BCUT2D eigenvalue weighted by atomic mass is 9.87. The van der Waals surface area contributed by atoms with Crippen LogP contribution >= 0.6 is 0 Å². The lowest BCUT2D eigenvalue weighted by molar-refractivity contribution is -0.128. The molecule has 0 saturated carbocycles. The van der Waals surface area contributed by atoms with E-state index >= 15 is 0 Å². The van der Waals surface area contributed by atoms with Crippen LogP contribution in [-0.2, 0) is 32.7 Å². The molecule has 3 N–H and O–H groups in total. The first-order chi connectivity index (χ1) is 18.1. The number of morpholine rings is 1. The predicted octanol–water partition coefficient (Wildman–Crippen LogP) is 2.21. The van der Waals surface area contributed by atoms with Crippen LogP contribution in [-0.4, -0.2) is 77.7 Å². The summed E-state index contributed by atoms with van der Waals surface area (Å²) in [5.41, 5.74) is 0.299. The molecule has 2 atom stereocenters. The Hall–Kier alpha value is -2.89. The number of halogens is 2. The minimum Gasteiger partial charge on any atom is -0.379 e. The highest BCUT2D eigenvalue weighted by atomic mass is 19.1. The van der Waals surface area contributed by atoms with Crippen molar-refractivity contribution >= 4 is 17.6 Å². The number of imidazole rings is 1. The Labute approximate surface area is 222 Å². The van der Waals surface area contributed by atoms with Gasteiger partial charge in [-0.3, -0.25) is 14.5 Å². The number of hydrogen-bond acceptors (Lipinski definition) is 6. The van der Waals surface area contributed by atoms with Gasteiger partial charge in [0.2, 0.25) is 11.8 Å². The Balaban J connectivity index is 1.24. The van der Waals surface area contributed by atoms with Gasteiger partial charge in [-0.05, 0) is 70.2 Å². The average molecular weight is 533 g/mol. The van der Waals surface area contributed by atoms with Crippen molar-refractivity contribution in [2.24, 2.45) is 0 Å². The molecule has 2 amide bonds. The van der Waals surface area contributed by atoms with Gasteiger partial charge in [0.25, 0.3) is 0 Å². The van der Waals surface area contributed by atoms with Gasteiger partial charge in [-0.15, -0.1) is 0 Å². The van der Waals surface area contributed by atoms with Crippen molar-refractivity contribution in [3.63, 3.8) is 0 Å². The molecule has 9 nitrogen and oxygen atoms in total. The highest BCUT2D eigenvalue weighted by molar-refractivity contribution is 5.93. The first kappa shape index (κ1) is 28.1. The SMILES string of the molecule is C[C@H](NC1CCc2cc(F)cc(F)c2C1)C(=O)Nc1cn(C(C)(C)C(=O)NCCCN2CCOCC2)cn1. The van der Waals surface area contributed by atoms with Crippen molar-refractivity contribution < 1.29 is 23.1 Å². The highest BCUT2D eigenvalue weighted by Gasteiger charge is 2.30. The van der Waals surface area contributed by atoms with Gasteiger partial charge in [0.05, 0.1) is 25.6 Å². The third-order valence-corrected chi connectivity index (χ3v) is 7.42. The number of carbonyl (C=O) groups is 2. The Morgan fingerprint density at radius 1 is 1.24 bits per heavy atom. The number of carbonyl (C=O) groups excluding carboxylic acids is 2. The molecule has 1 fully saturated rings. The number of nitrogens with one attached hydrogen (secondary N) is 3. The molecule has 2 aromatic rings. The maximum absolute atomic E-state index is 14.2. The molecule has 11 heteroatoms. The van der Waals surface area contributed by atoms with Gasteiger partial charge >= 0.3 is 0 Å². The van der Waals surface area contributed by atoms with Crippen LogP contribution in [0.5, 0.6) is 0 Å². The van der Waals surface area contributed by atoms with Crippen molar-refractivity contribution in [1.29, 1.82) is 0 Å². The van der Waals surface area contributed by atoms with E-state index in [-0.39, 0.29) is 17.9 Å². The third kappa shape index (κ3) is 6.95. The second kappa shape index (κ2) is 12.3. The standard InChI is InChI=1S/C27H38F2N6O3/c1-18(32-21-6-5-19-13-20(28)14-23(29)22(19)15-21)25(36)33-24-16-35(17-31-24)27(2,3)26(37)30-7-4-8-34-9-11-38-12-10-34/h13-14,16-18,21,32H,4-12,15H2,1-3H3,(H,30,37)(H,33,36)/t18-,21?/m0/s1. The molecule has 1 aliphatic heterocycles. The van der Waals surface area contributed by atoms with Gasteiger partial charge in [-0.25, -0.2) is 13.8 Å². The Kier molecular flexibility index (Phi) is 9.11. The van der Waals surface area contributed by atoms with E-state index in [1.54, 1.807) is 31.5 Å². The number of hydrogen-bond donors (Lipinski definition) is 3. The molecule has 208 valence electrons. The Morgan fingerprint density at radius 2 is 2.00 bits per heavy atom. The fourth-order valence-electron chi connectivity index (χ4n) is 4.95. The molecular weight excluding hydrogens is 494 g/mol. The summed E-state index contributed by atoms with van der Waals surface area (Å²) >= 11 is 0. The molecule has 2 heterocycles. The van der Waals surface area contributed by atoms with Crippen LogP contribution in [0, 0.1) is 11.6 Å². The van der Waals surface area contributed by atoms with Gasteiger partial charge in [0.15, 0.2) is 5.82 Å². The van der Waals surface area contributed by atoms with Crippen LogP contribution in [0.1, 0.15) is 44.7 Å². The van der Waals surface area contributed by atoms with Crippen molar-refractivity contribution in [2.45, 2.75) is 64.1 Å². The Morgan fingerprint density at radius 3 is 2.76 bits per heavy atom. The Bertz CT molecular complexity index is 1130. The fraction of sp³-hybridized carbons (Fsp3) is 0.593. The van der Waals surface area contributed by atoms with Crippen LogP contribution in [0.2, 0.25) is 0 Å². The first-order valence-corrected chi connectivity index (χ1v) is 13.3. The van der Waals surface area contributed by atoms with Crippen LogP contribution < -0.4 is 16.0 Å². The molecule has 1 saturated heterocycles.